The number of fused-ring (bicyclic) bond motifs is 2. The molecule has 104 valence electrons. The molecule has 1 nitrogen and oxygen atoms in total. The van der Waals surface area contributed by atoms with Gasteiger partial charge in [0.1, 0.15) is 0 Å². The van der Waals surface area contributed by atoms with Gasteiger partial charge in [-0.2, -0.15) is 0 Å². The maximum Gasteiger partial charge on any atom is 0.0912 e. The Morgan fingerprint density at radius 2 is 1.40 bits per heavy atom. The lowest BCUT2D eigenvalue weighted by atomic mass is 9.91. The number of rotatable bonds is 3. The molecule has 3 aromatic rings. The van der Waals surface area contributed by atoms with Crippen LogP contribution in [0, 0.1) is 0 Å². The van der Waals surface area contributed by atoms with Crippen molar-refractivity contribution in [3.8, 4) is 0 Å². The van der Waals surface area contributed by atoms with E-state index in [1.165, 1.54) is 0 Å². The highest BCUT2D eigenvalue weighted by molar-refractivity contribution is 6.02. The number of nitrogens with two attached hydrogens (primary N) is 1. The molecule has 0 heterocycles. The van der Waals surface area contributed by atoms with E-state index < -0.39 is 6.67 Å². The highest BCUT2D eigenvalue weighted by atomic mass is 35.5. The second-order valence-electron chi connectivity index (χ2n) is 4.82. The molecule has 0 aliphatic rings. The van der Waals surface area contributed by atoms with Crippen LogP contribution in [0.25, 0.3) is 21.5 Å². The Morgan fingerprint density at radius 1 is 0.900 bits per heavy atom. The van der Waals surface area contributed by atoms with Crippen LogP contribution in [0.4, 0.5) is 4.39 Å². The number of hydrogen-bond donors (Lipinski definition) is 1. The minimum atomic E-state index is -0.390. The fourth-order valence-electron chi connectivity index (χ4n) is 2.71. The normalized spacial score (nSPS) is 12.3. The summed E-state index contributed by atoms with van der Waals surface area (Å²) < 4.78 is 12.6. The molecule has 0 bridgehead atoms. The lowest BCUT2D eigenvalue weighted by molar-refractivity contribution is 0.443. The number of halogens is 2. The third-order valence-corrected chi connectivity index (χ3v) is 3.60. The third-order valence-electron chi connectivity index (χ3n) is 3.60. The summed E-state index contributed by atoms with van der Waals surface area (Å²) in [5.41, 5.74) is 7.26. The number of benzene rings is 3. The van der Waals surface area contributed by atoms with Crippen molar-refractivity contribution in [1.82, 2.24) is 0 Å². The van der Waals surface area contributed by atoms with Gasteiger partial charge in [0.15, 0.2) is 0 Å². The first-order valence-corrected chi connectivity index (χ1v) is 6.53. The van der Waals surface area contributed by atoms with Gasteiger partial charge in [-0.1, -0.05) is 48.5 Å². The molecule has 0 unspecified atom stereocenters. The largest absolute Gasteiger partial charge is 0.324 e. The molecule has 3 rings (SSSR count). The van der Waals surface area contributed by atoms with E-state index in [0.717, 1.165) is 27.1 Å². The molecule has 0 aliphatic heterocycles. The van der Waals surface area contributed by atoms with Gasteiger partial charge in [-0.15, -0.1) is 12.4 Å². The molecule has 0 spiro atoms. The monoisotopic (exact) mass is 289 g/mol. The molecule has 0 aromatic heterocycles. The Labute approximate surface area is 124 Å². The van der Waals surface area contributed by atoms with E-state index in [-0.39, 0.29) is 18.4 Å². The molecule has 0 aliphatic carbocycles. The first kappa shape index (κ1) is 14.8. The first-order valence-electron chi connectivity index (χ1n) is 6.53. The van der Waals surface area contributed by atoms with Crippen molar-refractivity contribution < 1.29 is 4.39 Å². The van der Waals surface area contributed by atoms with E-state index in [4.69, 9.17) is 5.73 Å². The zero-order valence-electron chi connectivity index (χ0n) is 11.1. The van der Waals surface area contributed by atoms with Gasteiger partial charge in [0.25, 0.3) is 0 Å². The van der Waals surface area contributed by atoms with E-state index in [1.807, 2.05) is 24.3 Å². The van der Waals surface area contributed by atoms with Crippen molar-refractivity contribution in [1.29, 1.82) is 0 Å². The molecule has 3 heteroatoms. The minimum Gasteiger partial charge on any atom is -0.324 e. The molecule has 0 saturated carbocycles. The van der Waals surface area contributed by atoms with Crippen molar-refractivity contribution in [3.63, 3.8) is 0 Å². The Hall–Kier alpha value is -1.64. The molecule has 0 amide bonds. The van der Waals surface area contributed by atoms with Crippen LogP contribution >= 0.6 is 12.4 Å². The molecule has 1 atom stereocenters. The van der Waals surface area contributed by atoms with Gasteiger partial charge >= 0.3 is 0 Å². The Morgan fingerprint density at radius 3 is 1.90 bits per heavy atom. The molecule has 0 saturated heterocycles. The first-order chi connectivity index (χ1) is 9.31. The van der Waals surface area contributed by atoms with Crippen LogP contribution in [0.15, 0.2) is 54.6 Å². The molecule has 20 heavy (non-hydrogen) atoms. The quantitative estimate of drug-likeness (QED) is 0.690. The lowest BCUT2D eigenvalue weighted by Gasteiger charge is -2.17. The summed E-state index contributed by atoms with van der Waals surface area (Å²) in [6, 6.07) is 18.2. The van der Waals surface area contributed by atoms with Gasteiger partial charge in [0.2, 0.25) is 0 Å². The van der Waals surface area contributed by atoms with Crippen LogP contribution in [0.2, 0.25) is 0 Å². The van der Waals surface area contributed by atoms with E-state index in [1.54, 1.807) is 0 Å². The summed E-state index contributed by atoms with van der Waals surface area (Å²) >= 11 is 0. The van der Waals surface area contributed by atoms with Crippen LogP contribution < -0.4 is 5.73 Å². The van der Waals surface area contributed by atoms with Crippen LogP contribution in [0.3, 0.4) is 0 Å². The summed E-state index contributed by atoms with van der Waals surface area (Å²) in [6.45, 7) is -0.390. The summed E-state index contributed by atoms with van der Waals surface area (Å²) in [4.78, 5) is 0. The highest BCUT2D eigenvalue weighted by Gasteiger charge is 2.13. The molecule has 0 fully saturated rings. The Kier molecular flexibility index (Phi) is 4.58. The van der Waals surface area contributed by atoms with Crippen LogP contribution in [0.1, 0.15) is 18.0 Å². The Bertz CT molecular complexity index is 672. The summed E-state index contributed by atoms with van der Waals surface area (Å²) in [6.07, 6.45) is 0.359. The third kappa shape index (κ3) is 2.49. The smallest absolute Gasteiger partial charge is 0.0912 e. The van der Waals surface area contributed by atoms with Crippen molar-refractivity contribution in [2.24, 2.45) is 5.73 Å². The lowest BCUT2D eigenvalue weighted by Crippen LogP contribution is -2.12. The van der Waals surface area contributed by atoms with Crippen molar-refractivity contribution in [2.45, 2.75) is 12.5 Å². The Balaban J connectivity index is 0.00000147. The standard InChI is InChI=1S/C17H16FN.ClH/c18-10-9-16(19)17-14-7-3-1-5-12(14)11-13-6-2-4-8-15(13)17;/h1-8,11,16H,9-10,19H2;1H/t16-;/m0./s1. The fraction of sp³-hybridized carbons (Fsp3) is 0.176. The average molecular weight is 290 g/mol. The highest BCUT2D eigenvalue weighted by Crippen LogP contribution is 2.32. The molecular formula is C17H17ClFN. The van der Waals surface area contributed by atoms with Crippen LogP contribution in [0.5, 0.6) is 0 Å². The zero-order chi connectivity index (χ0) is 13.2. The number of hydrogen-bond acceptors (Lipinski definition) is 1. The molecular weight excluding hydrogens is 273 g/mol. The van der Waals surface area contributed by atoms with Crippen LogP contribution in [-0.4, -0.2) is 6.67 Å². The second kappa shape index (κ2) is 6.21. The summed E-state index contributed by atoms with van der Waals surface area (Å²) in [7, 11) is 0. The molecule has 3 aromatic carbocycles. The second-order valence-corrected chi connectivity index (χ2v) is 4.82. The molecule has 0 radical (unpaired) electrons. The summed E-state index contributed by atoms with van der Waals surface area (Å²) in [5.74, 6) is 0. The van der Waals surface area contributed by atoms with Crippen LogP contribution in [-0.2, 0) is 0 Å². The summed E-state index contributed by atoms with van der Waals surface area (Å²) in [5, 5.41) is 4.57. The maximum absolute atomic E-state index is 12.6. The van der Waals surface area contributed by atoms with Gasteiger partial charge in [-0.05, 0) is 39.6 Å². The SMILES string of the molecule is Cl.N[C@@H](CCF)c1c2ccccc2cc2ccccc12. The zero-order valence-corrected chi connectivity index (χ0v) is 11.9. The van der Waals surface area contributed by atoms with E-state index in [2.05, 4.69) is 30.3 Å². The fourth-order valence-corrected chi connectivity index (χ4v) is 2.71. The maximum atomic E-state index is 12.6. The van der Waals surface area contributed by atoms with Crippen molar-refractivity contribution in [2.75, 3.05) is 6.67 Å². The topological polar surface area (TPSA) is 26.0 Å². The average Bonchev–Trinajstić information content (AvgIpc) is 2.44. The number of alkyl halides is 1. The van der Waals surface area contributed by atoms with Crippen molar-refractivity contribution in [3.05, 3.63) is 60.2 Å². The van der Waals surface area contributed by atoms with E-state index >= 15 is 0 Å². The molecule has 2 N–H and O–H groups in total. The van der Waals surface area contributed by atoms with E-state index in [9.17, 15) is 4.39 Å². The van der Waals surface area contributed by atoms with Gasteiger partial charge in [-0.25, -0.2) is 0 Å². The predicted molar refractivity (Wildman–Crippen MR) is 86.2 cm³/mol. The predicted octanol–water partition coefficient (Wildman–Crippen LogP) is 4.77. The van der Waals surface area contributed by atoms with Gasteiger partial charge in [0.05, 0.1) is 6.67 Å². The van der Waals surface area contributed by atoms with Gasteiger partial charge in [-0.3, -0.25) is 4.39 Å². The van der Waals surface area contributed by atoms with Gasteiger partial charge in [0, 0.05) is 6.04 Å². The van der Waals surface area contributed by atoms with Gasteiger partial charge < -0.3 is 5.73 Å². The van der Waals surface area contributed by atoms with Crippen molar-refractivity contribution >= 4 is 34.0 Å². The minimum absolute atomic E-state index is 0. The van der Waals surface area contributed by atoms with E-state index in [0.29, 0.717) is 6.42 Å².